The Balaban J connectivity index is 1.65. The first-order valence-corrected chi connectivity index (χ1v) is 7.64. The fourth-order valence-corrected chi connectivity index (χ4v) is 4.18. The average molecular weight is 279 g/mol. The molecule has 106 valence electrons. The predicted molar refractivity (Wildman–Crippen MR) is 78.4 cm³/mol. The highest BCUT2D eigenvalue weighted by Gasteiger charge is 2.45. The number of carbonyl (C=O) groups is 1. The van der Waals surface area contributed by atoms with Crippen LogP contribution in [0.5, 0.6) is 0 Å². The molecule has 0 amide bonds. The summed E-state index contributed by atoms with van der Waals surface area (Å²) >= 11 is 0. The number of nitrogens with zero attached hydrogens (tertiary/aromatic N) is 2. The number of aromatic amines is 1. The highest BCUT2D eigenvalue weighted by atomic mass is 16.1. The van der Waals surface area contributed by atoms with Gasteiger partial charge >= 0.3 is 0 Å². The molecular formula is C17H17N3O. The molecule has 2 bridgehead atoms. The van der Waals surface area contributed by atoms with E-state index in [0.717, 1.165) is 23.9 Å². The van der Waals surface area contributed by atoms with E-state index in [4.69, 9.17) is 0 Å². The number of hydrogen-bond acceptors (Lipinski definition) is 3. The predicted octanol–water partition coefficient (Wildman–Crippen LogP) is 3.18. The number of nitrogens with one attached hydrogen (secondary N) is 1. The van der Waals surface area contributed by atoms with Gasteiger partial charge in [-0.05, 0) is 43.2 Å². The van der Waals surface area contributed by atoms with Crippen molar-refractivity contribution in [3.05, 3.63) is 30.1 Å². The molecule has 4 nitrogen and oxygen atoms in total. The van der Waals surface area contributed by atoms with Crippen LogP contribution in [0.1, 0.15) is 37.4 Å². The largest absolute Gasteiger partial charge is 0.340 e. The Kier molecular flexibility index (Phi) is 2.81. The molecule has 2 aliphatic carbocycles. The highest BCUT2D eigenvalue weighted by Crippen LogP contribution is 2.49. The van der Waals surface area contributed by atoms with E-state index in [1.165, 1.54) is 12.8 Å². The van der Waals surface area contributed by atoms with Crippen molar-refractivity contribution in [2.24, 2.45) is 17.8 Å². The van der Waals surface area contributed by atoms with Crippen LogP contribution in [0.25, 0.3) is 11.0 Å². The first-order valence-electron chi connectivity index (χ1n) is 7.64. The summed E-state index contributed by atoms with van der Waals surface area (Å²) < 4.78 is 0. The molecule has 2 saturated carbocycles. The molecule has 2 aromatic rings. The highest BCUT2D eigenvalue weighted by molar-refractivity contribution is 5.91. The Morgan fingerprint density at radius 1 is 1.33 bits per heavy atom. The molecule has 2 fully saturated rings. The minimum atomic E-state index is -0.748. The molecule has 0 saturated heterocycles. The van der Waals surface area contributed by atoms with E-state index in [2.05, 4.69) is 16.0 Å². The molecule has 1 N–H and O–H groups in total. The standard InChI is InChI=1S/C17H17N3O/c18-9-13(16(21)12-8-10-5-6-11(12)7-10)17-19-14-3-1-2-4-15(14)20-17/h1-4,10-13H,5-8H2,(H,19,20)/t10-,11-,12-,13+/m0/s1. The second-order valence-corrected chi connectivity index (χ2v) is 6.39. The number of benzene rings is 1. The van der Waals surface area contributed by atoms with Gasteiger partial charge in [0.15, 0.2) is 11.7 Å². The zero-order valence-corrected chi connectivity index (χ0v) is 11.7. The van der Waals surface area contributed by atoms with Crippen LogP contribution in [-0.2, 0) is 4.79 Å². The normalized spacial score (nSPS) is 28.6. The molecule has 4 atom stereocenters. The number of fused-ring (bicyclic) bond motifs is 3. The third-order valence-electron chi connectivity index (χ3n) is 5.20. The Morgan fingerprint density at radius 2 is 2.19 bits per heavy atom. The number of Topliss-reactive ketones (excluding diaryl/α,β-unsaturated/α-hetero) is 1. The van der Waals surface area contributed by atoms with E-state index in [0.29, 0.717) is 17.7 Å². The molecule has 1 aromatic heterocycles. The van der Waals surface area contributed by atoms with Crippen molar-refractivity contribution in [1.82, 2.24) is 9.97 Å². The molecule has 1 aromatic carbocycles. The van der Waals surface area contributed by atoms with E-state index in [9.17, 15) is 10.1 Å². The lowest BCUT2D eigenvalue weighted by molar-refractivity contribution is -0.124. The molecule has 0 aliphatic heterocycles. The minimum absolute atomic E-state index is 0.0709. The molecule has 0 spiro atoms. The number of nitriles is 1. The summed E-state index contributed by atoms with van der Waals surface area (Å²) in [5, 5.41) is 9.47. The van der Waals surface area contributed by atoms with Crippen molar-refractivity contribution in [3.63, 3.8) is 0 Å². The van der Waals surface area contributed by atoms with Gasteiger partial charge in [-0.25, -0.2) is 4.98 Å². The van der Waals surface area contributed by atoms with E-state index in [-0.39, 0.29) is 11.7 Å². The number of hydrogen-bond donors (Lipinski definition) is 1. The number of aromatic nitrogens is 2. The second kappa shape index (κ2) is 4.70. The van der Waals surface area contributed by atoms with Crippen LogP contribution in [0.15, 0.2) is 24.3 Å². The van der Waals surface area contributed by atoms with Gasteiger partial charge in [0.25, 0.3) is 0 Å². The quantitative estimate of drug-likeness (QED) is 0.938. The average Bonchev–Trinajstić information content (AvgIpc) is 3.22. The maximum atomic E-state index is 12.8. The Morgan fingerprint density at radius 3 is 2.86 bits per heavy atom. The Bertz CT molecular complexity index is 709. The van der Waals surface area contributed by atoms with Crippen molar-refractivity contribution >= 4 is 16.8 Å². The SMILES string of the molecule is N#C[C@H](C(=O)[C@H]1C[C@H]2CC[C@H]1C2)c1nc2ccccc2[nH]1. The Hall–Kier alpha value is -2.15. The van der Waals surface area contributed by atoms with Gasteiger partial charge in [-0.15, -0.1) is 0 Å². The first kappa shape index (κ1) is 12.6. The third-order valence-corrected chi connectivity index (χ3v) is 5.20. The molecular weight excluding hydrogens is 262 g/mol. The lowest BCUT2D eigenvalue weighted by Gasteiger charge is -2.21. The van der Waals surface area contributed by atoms with Gasteiger partial charge in [-0.3, -0.25) is 4.79 Å². The van der Waals surface area contributed by atoms with Crippen molar-refractivity contribution in [2.75, 3.05) is 0 Å². The molecule has 4 rings (SSSR count). The van der Waals surface area contributed by atoms with Crippen LogP contribution in [0.2, 0.25) is 0 Å². The zero-order chi connectivity index (χ0) is 14.4. The molecule has 0 unspecified atom stereocenters. The van der Waals surface area contributed by atoms with E-state index in [1.54, 1.807) is 0 Å². The number of ketones is 1. The fraction of sp³-hybridized carbons (Fsp3) is 0.471. The smallest absolute Gasteiger partial charge is 0.162 e. The molecule has 1 heterocycles. The van der Waals surface area contributed by atoms with Crippen LogP contribution in [0.3, 0.4) is 0 Å². The van der Waals surface area contributed by atoms with Crippen molar-refractivity contribution in [3.8, 4) is 6.07 Å². The summed E-state index contributed by atoms with van der Waals surface area (Å²) in [7, 11) is 0. The topological polar surface area (TPSA) is 69.5 Å². The molecule has 21 heavy (non-hydrogen) atoms. The summed E-state index contributed by atoms with van der Waals surface area (Å²) in [5.74, 6) is 1.11. The van der Waals surface area contributed by atoms with Crippen LogP contribution < -0.4 is 0 Å². The summed E-state index contributed by atoms with van der Waals surface area (Å²) in [6.45, 7) is 0. The van der Waals surface area contributed by atoms with Crippen molar-refractivity contribution in [1.29, 1.82) is 5.26 Å². The second-order valence-electron chi connectivity index (χ2n) is 6.39. The van der Waals surface area contributed by atoms with Gasteiger partial charge in [0.05, 0.1) is 17.1 Å². The van der Waals surface area contributed by atoms with Gasteiger partial charge < -0.3 is 4.98 Å². The number of para-hydroxylation sites is 2. The Labute approximate surface area is 123 Å². The van der Waals surface area contributed by atoms with E-state index in [1.807, 2.05) is 24.3 Å². The fourth-order valence-electron chi connectivity index (χ4n) is 4.18. The first-order chi connectivity index (χ1) is 10.3. The minimum Gasteiger partial charge on any atom is -0.340 e. The van der Waals surface area contributed by atoms with Crippen LogP contribution in [0, 0.1) is 29.1 Å². The van der Waals surface area contributed by atoms with Crippen LogP contribution in [-0.4, -0.2) is 15.8 Å². The zero-order valence-electron chi connectivity index (χ0n) is 11.7. The maximum absolute atomic E-state index is 12.8. The third kappa shape index (κ3) is 1.96. The summed E-state index contributed by atoms with van der Waals surface area (Å²) in [6.07, 6.45) is 4.56. The lowest BCUT2D eigenvalue weighted by Crippen LogP contribution is -2.26. The van der Waals surface area contributed by atoms with Gasteiger partial charge in [0.1, 0.15) is 5.82 Å². The molecule has 0 radical (unpaired) electrons. The van der Waals surface area contributed by atoms with E-state index >= 15 is 0 Å². The van der Waals surface area contributed by atoms with Gasteiger partial charge in [0.2, 0.25) is 0 Å². The van der Waals surface area contributed by atoms with Gasteiger partial charge in [0, 0.05) is 5.92 Å². The monoisotopic (exact) mass is 279 g/mol. The van der Waals surface area contributed by atoms with E-state index < -0.39 is 5.92 Å². The number of H-pyrrole nitrogens is 1. The van der Waals surface area contributed by atoms with Crippen molar-refractivity contribution < 1.29 is 4.79 Å². The van der Waals surface area contributed by atoms with Crippen LogP contribution in [0.4, 0.5) is 0 Å². The number of rotatable bonds is 3. The summed E-state index contributed by atoms with van der Waals surface area (Å²) in [6, 6.07) is 9.81. The van der Waals surface area contributed by atoms with Crippen LogP contribution >= 0.6 is 0 Å². The summed E-state index contributed by atoms with van der Waals surface area (Å²) in [4.78, 5) is 20.3. The number of imidazole rings is 1. The number of carbonyl (C=O) groups excluding carboxylic acids is 1. The molecule has 2 aliphatic rings. The van der Waals surface area contributed by atoms with Gasteiger partial charge in [-0.2, -0.15) is 5.26 Å². The molecule has 4 heteroatoms. The summed E-state index contributed by atoms with van der Waals surface area (Å²) in [5.41, 5.74) is 1.70. The lowest BCUT2D eigenvalue weighted by atomic mass is 9.81. The van der Waals surface area contributed by atoms with Crippen molar-refractivity contribution in [2.45, 2.75) is 31.6 Å². The maximum Gasteiger partial charge on any atom is 0.162 e. The van der Waals surface area contributed by atoms with Gasteiger partial charge in [-0.1, -0.05) is 18.6 Å².